The number of carboxylic acids is 1. The maximum Gasteiger partial charge on any atom is 0.336 e. The van der Waals surface area contributed by atoms with Gasteiger partial charge in [-0.2, -0.15) is 0 Å². The fraction of sp³-hybridized carbons (Fsp3) is 0.0625. The Hall–Kier alpha value is -2.95. The molecule has 2 aromatic rings. The van der Waals surface area contributed by atoms with Crippen LogP contribution in [0.3, 0.4) is 0 Å². The molecule has 1 heterocycles. The first-order valence-corrected chi connectivity index (χ1v) is 6.36. The predicted molar refractivity (Wildman–Crippen MR) is 74.0 cm³/mol. The smallest absolute Gasteiger partial charge is 0.336 e. The van der Waals surface area contributed by atoms with Gasteiger partial charge in [-0.05, 0) is 23.8 Å². The predicted octanol–water partition coefficient (Wildman–Crippen LogP) is 2.18. The van der Waals surface area contributed by atoms with E-state index in [1.807, 2.05) is 0 Å². The van der Waals surface area contributed by atoms with Crippen molar-refractivity contribution in [3.05, 3.63) is 70.8 Å². The molecule has 0 atom stereocenters. The third-order valence-electron chi connectivity index (χ3n) is 3.45. The summed E-state index contributed by atoms with van der Waals surface area (Å²) in [6.07, 6.45) is 0. The van der Waals surface area contributed by atoms with Crippen LogP contribution < -0.4 is 0 Å². The first-order valence-electron chi connectivity index (χ1n) is 6.36. The molecule has 0 fully saturated rings. The van der Waals surface area contributed by atoms with Gasteiger partial charge in [-0.15, -0.1) is 0 Å². The molecule has 0 aliphatic carbocycles. The number of hydrogen-bond acceptors (Lipinski definition) is 3. The Morgan fingerprint density at radius 1 is 0.905 bits per heavy atom. The number of aromatic carboxylic acids is 1. The summed E-state index contributed by atoms with van der Waals surface area (Å²) in [5, 5.41) is 9.16. The molecule has 5 heteroatoms. The van der Waals surface area contributed by atoms with Crippen LogP contribution in [0.15, 0.2) is 48.5 Å². The minimum absolute atomic E-state index is 0.0468. The highest BCUT2D eigenvalue weighted by atomic mass is 16.4. The van der Waals surface area contributed by atoms with Crippen molar-refractivity contribution in [2.45, 2.75) is 6.54 Å². The topological polar surface area (TPSA) is 74.7 Å². The quantitative estimate of drug-likeness (QED) is 0.875. The second-order valence-electron chi connectivity index (χ2n) is 4.70. The minimum atomic E-state index is -1.08. The summed E-state index contributed by atoms with van der Waals surface area (Å²) in [5.74, 6) is -1.87. The molecule has 0 spiro atoms. The standard InChI is InChI=1S/C16H11NO4/c18-14-12-7-3-4-8-13(12)15(19)17(14)9-10-5-1-2-6-11(10)16(20)21/h1-8H,9H2,(H,20,21). The summed E-state index contributed by atoms with van der Waals surface area (Å²) in [5.41, 5.74) is 1.24. The summed E-state index contributed by atoms with van der Waals surface area (Å²) in [4.78, 5) is 36.8. The van der Waals surface area contributed by atoms with E-state index in [0.29, 0.717) is 16.7 Å². The third-order valence-corrected chi connectivity index (χ3v) is 3.45. The summed E-state index contributed by atoms with van der Waals surface area (Å²) in [7, 11) is 0. The zero-order valence-corrected chi connectivity index (χ0v) is 10.9. The van der Waals surface area contributed by atoms with E-state index in [1.54, 1.807) is 42.5 Å². The monoisotopic (exact) mass is 281 g/mol. The van der Waals surface area contributed by atoms with Gasteiger partial charge in [0.25, 0.3) is 11.8 Å². The van der Waals surface area contributed by atoms with Crippen LogP contribution in [0.1, 0.15) is 36.6 Å². The number of hydrogen-bond donors (Lipinski definition) is 1. The molecule has 104 valence electrons. The van der Waals surface area contributed by atoms with Crippen molar-refractivity contribution in [2.24, 2.45) is 0 Å². The average molecular weight is 281 g/mol. The molecule has 1 aliphatic rings. The van der Waals surface area contributed by atoms with Gasteiger partial charge in [0.1, 0.15) is 0 Å². The molecule has 1 aliphatic heterocycles. The number of benzene rings is 2. The Morgan fingerprint density at radius 2 is 1.43 bits per heavy atom. The van der Waals surface area contributed by atoms with E-state index in [1.165, 1.54) is 6.07 Å². The van der Waals surface area contributed by atoms with Gasteiger partial charge >= 0.3 is 5.97 Å². The molecule has 0 saturated heterocycles. The lowest BCUT2D eigenvalue weighted by Gasteiger charge is -2.15. The van der Waals surface area contributed by atoms with Gasteiger partial charge in [0, 0.05) is 0 Å². The lowest BCUT2D eigenvalue weighted by atomic mass is 10.1. The average Bonchev–Trinajstić information content (AvgIpc) is 2.73. The van der Waals surface area contributed by atoms with E-state index in [2.05, 4.69) is 0 Å². The largest absolute Gasteiger partial charge is 0.478 e. The Balaban J connectivity index is 1.96. The normalized spacial score (nSPS) is 13.4. The first kappa shape index (κ1) is 13.1. The van der Waals surface area contributed by atoms with Crippen molar-refractivity contribution in [2.75, 3.05) is 0 Å². The van der Waals surface area contributed by atoms with Crippen LogP contribution in [0.5, 0.6) is 0 Å². The molecule has 0 saturated carbocycles. The molecule has 0 unspecified atom stereocenters. The van der Waals surface area contributed by atoms with Crippen molar-refractivity contribution >= 4 is 17.8 Å². The lowest BCUT2D eigenvalue weighted by Crippen LogP contribution is -2.29. The molecule has 3 rings (SSSR count). The number of nitrogens with zero attached hydrogens (tertiary/aromatic N) is 1. The molecule has 0 bridgehead atoms. The van der Waals surface area contributed by atoms with E-state index in [9.17, 15) is 14.4 Å². The van der Waals surface area contributed by atoms with Crippen molar-refractivity contribution in [1.29, 1.82) is 0 Å². The molecule has 21 heavy (non-hydrogen) atoms. The van der Waals surface area contributed by atoms with Crippen molar-refractivity contribution < 1.29 is 19.5 Å². The van der Waals surface area contributed by atoms with Gasteiger partial charge < -0.3 is 5.11 Å². The minimum Gasteiger partial charge on any atom is -0.478 e. The highest BCUT2D eigenvalue weighted by Crippen LogP contribution is 2.25. The molecular weight excluding hydrogens is 270 g/mol. The highest BCUT2D eigenvalue weighted by Gasteiger charge is 2.35. The maximum absolute atomic E-state index is 12.3. The van der Waals surface area contributed by atoms with E-state index >= 15 is 0 Å². The van der Waals surface area contributed by atoms with Crippen molar-refractivity contribution in [3.8, 4) is 0 Å². The van der Waals surface area contributed by atoms with Crippen LogP contribution in [0.4, 0.5) is 0 Å². The molecular formula is C16H11NO4. The second-order valence-corrected chi connectivity index (χ2v) is 4.70. The Morgan fingerprint density at radius 3 is 2.00 bits per heavy atom. The summed E-state index contributed by atoms with van der Waals surface area (Å²) in [6, 6.07) is 12.9. The highest BCUT2D eigenvalue weighted by molar-refractivity contribution is 6.21. The van der Waals surface area contributed by atoms with Crippen molar-refractivity contribution in [1.82, 2.24) is 4.90 Å². The number of carbonyl (C=O) groups excluding carboxylic acids is 2. The zero-order valence-electron chi connectivity index (χ0n) is 10.9. The van der Waals surface area contributed by atoms with Crippen LogP contribution in [0, 0.1) is 0 Å². The lowest BCUT2D eigenvalue weighted by molar-refractivity contribution is 0.0627. The Labute approximate surface area is 120 Å². The van der Waals surface area contributed by atoms with Crippen molar-refractivity contribution in [3.63, 3.8) is 0 Å². The van der Waals surface area contributed by atoms with Crippen LogP contribution in [0.25, 0.3) is 0 Å². The van der Waals surface area contributed by atoms with Gasteiger partial charge in [-0.3, -0.25) is 14.5 Å². The first-order chi connectivity index (χ1) is 10.1. The van der Waals surface area contributed by atoms with Gasteiger partial charge in [-0.25, -0.2) is 4.79 Å². The molecule has 0 radical (unpaired) electrons. The molecule has 2 amide bonds. The number of fused-ring (bicyclic) bond motifs is 1. The van der Waals surface area contributed by atoms with Crippen LogP contribution >= 0.6 is 0 Å². The van der Waals surface area contributed by atoms with E-state index < -0.39 is 17.8 Å². The fourth-order valence-corrected chi connectivity index (χ4v) is 2.42. The summed E-state index contributed by atoms with van der Waals surface area (Å²) in [6.45, 7) is -0.0468. The number of carboxylic acid groups (broad SMARTS) is 1. The molecule has 5 nitrogen and oxygen atoms in total. The van der Waals surface area contributed by atoms with Crippen LogP contribution in [-0.2, 0) is 6.54 Å². The fourth-order valence-electron chi connectivity index (χ4n) is 2.42. The SMILES string of the molecule is O=C(O)c1ccccc1CN1C(=O)c2ccccc2C1=O. The number of imide groups is 1. The van der Waals surface area contributed by atoms with Crippen LogP contribution in [-0.4, -0.2) is 27.8 Å². The summed E-state index contributed by atoms with van der Waals surface area (Å²) >= 11 is 0. The third kappa shape index (κ3) is 2.08. The Kier molecular flexibility index (Phi) is 3.02. The molecule has 0 aromatic heterocycles. The number of carbonyl (C=O) groups is 3. The van der Waals surface area contributed by atoms with Gasteiger partial charge in [0.15, 0.2) is 0 Å². The van der Waals surface area contributed by atoms with Crippen LogP contribution in [0.2, 0.25) is 0 Å². The molecule has 1 N–H and O–H groups in total. The van der Waals surface area contributed by atoms with Gasteiger partial charge in [-0.1, -0.05) is 30.3 Å². The van der Waals surface area contributed by atoms with E-state index in [-0.39, 0.29) is 12.1 Å². The molecule has 2 aromatic carbocycles. The summed E-state index contributed by atoms with van der Waals surface area (Å²) < 4.78 is 0. The van der Waals surface area contributed by atoms with E-state index in [0.717, 1.165) is 4.90 Å². The van der Waals surface area contributed by atoms with E-state index in [4.69, 9.17) is 5.11 Å². The number of amides is 2. The van der Waals surface area contributed by atoms with Gasteiger partial charge in [0.2, 0.25) is 0 Å². The Bertz CT molecular complexity index is 731. The number of rotatable bonds is 3. The zero-order chi connectivity index (χ0) is 15.0. The second kappa shape index (κ2) is 4.86. The maximum atomic E-state index is 12.3. The van der Waals surface area contributed by atoms with Gasteiger partial charge in [0.05, 0.1) is 23.2 Å².